The van der Waals surface area contributed by atoms with E-state index in [0.29, 0.717) is 18.8 Å². The average Bonchev–Trinajstić information content (AvgIpc) is 2.39. The molecular weight excluding hydrogens is 265 g/mol. The molecule has 6 nitrogen and oxygen atoms in total. The molecule has 20 heavy (non-hydrogen) atoms. The first-order valence-corrected chi connectivity index (χ1v) is 6.02. The number of halogens is 1. The molecule has 0 aromatic heterocycles. The lowest BCUT2D eigenvalue weighted by Crippen LogP contribution is -2.34. The predicted molar refractivity (Wildman–Crippen MR) is 74.2 cm³/mol. The van der Waals surface area contributed by atoms with E-state index in [0.717, 1.165) is 0 Å². The Bertz CT molecular complexity index is 494. The lowest BCUT2D eigenvalue weighted by atomic mass is 10.2. The molecule has 0 spiro atoms. The van der Waals surface area contributed by atoms with Gasteiger partial charge < -0.3 is 20.3 Å². The number of hydrogen-bond donors (Lipinski definition) is 2. The fraction of sp³-hybridized carbons (Fsp3) is 0.385. The van der Waals surface area contributed by atoms with E-state index in [4.69, 9.17) is 4.74 Å². The van der Waals surface area contributed by atoms with Crippen LogP contribution in [0.3, 0.4) is 0 Å². The summed E-state index contributed by atoms with van der Waals surface area (Å²) in [4.78, 5) is 24.1. The van der Waals surface area contributed by atoms with E-state index in [-0.39, 0.29) is 11.6 Å². The summed E-state index contributed by atoms with van der Waals surface area (Å²) in [6, 6.07) is 3.50. The number of amides is 3. The maximum Gasteiger partial charge on any atom is 0.321 e. The van der Waals surface area contributed by atoms with Gasteiger partial charge >= 0.3 is 6.03 Å². The lowest BCUT2D eigenvalue weighted by molar-refractivity contribution is -0.114. The number of nitrogens with zero attached hydrogens (tertiary/aromatic N) is 1. The van der Waals surface area contributed by atoms with Crippen LogP contribution in [0.25, 0.3) is 0 Å². The summed E-state index contributed by atoms with van der Waals surface area (Å²) >= 11 is 0. The molecule has 1 rings (SSSR count). The van der Waals surface area contributed by atoms with Crippen molar-refractivity contribution in [2.75, 3.05) is 37.9 Å². The third-order valence-corrected chi connectivity index (χ3v) is 2.51. The number of benzene rings is 1. The monoisotopic (exact) mass is 283 g/mol. The Morgan fingerprint density at radius 1 is 1.35 bits per heavy atom. The van der Waals surface area contributed by atoms with Crippen molar-refractivity contribution in [3.05, 3.63) is 24.0 Å². The van der Waals surface area contributed by atoms with Gasteiger partial charge in [-0.2, -0.15) is 0 Å². The zero-order valence-electron chi connectivity index (χ0n) is 11.7. The van der Waals surface area contributed by atoms with Crippen LogP contribution in [0.1, 0.15) is 6.92 Å². The molecule has 110 valence electrons. The zero-order chi connectivity index (χ0) is 15.1. The first kappa shape index (κ1) is 15.9. The highest BCUT2D eigenvalue weighted by molar-refractivity contribution is 5.92. The van der Waals surface area contributed by atoms with Gasteiger partial charge in [-0.1, -0.05) is 0 Å². The average molecular weight is 283 g/mol. The quantitative estimate of drug-likeness (QED) is 0.867. The van der Waals surface area contributed by atoms with E-state index in [1.807, 2.05) is 0 Å². The Balaban J connectivity index is 2.75. The van der Waals surface area contributed by atoms with E-state index in [2.05, 4.69) is 10.6 Å². The topological polar surface area (TPSA) is 70.7 Å². The molecule has 0 aliphatic heterocycles. The van der Waals surface area contributed by atoms with Crippen LogP contribution < -0.4 is 10.6 Å². The molecule has 0 heterocycles. The number of carbonyl (C=O) groups excluding carboxylic acids is 2. The summed E-state index contributed by atoms with van der Waals surface area (Å²) < 4.78 is 18.5. The van der Waals surface area contributed by atoms with Crippen LogP contribution in [0.4, 0.5) is 20.6 Å². The molecule has 1 aromatic carbocycles. The Kier molecular flexibility index (Phi) is 5.92. The predicted octanol–water partition coefficient (Wildman–Crippen LogP) is 1.89. The molecule has 7 heteroatoms. The molecular formula is C13H18FN3O3. The number of nitrogens with one attached hydrogen (secondary N) is 2. The Morgan fingerprint density at radius 2 is 2.05 bits per heavy atom. The molecule has 1 aromatic rings. The molecule has 0 fully saturated rings. The van der Waals surface area contributed by atoms with Gasteiger partial charge in [0.1, 0.15) is 5.82 Å². The minimum absolute atomic E-state index is 0.00511. The van der Waals surface area contributed by atoms with Crippen molar-refractivity contribution in [2.24, 2.45) is 0 Å². The molecule has 0 bridgehead atoms. The largest absolute Gasteiger partial charge is 0.383 e. The van der Waals surface area contributed by atoms with Crippen LogP contribution in [0, 0.1) is 5.82 Å². The van der Waals surface area contributed by atoms with E-state index in [9.17, 15) is 14.0 Å². The van der Waals surface area contributed by atoms with Crippen LogP contribution in [-0.2, 0) is 9.53 Å². The second-order valence-corrected chi connectivity index (χ2v) is 4.22. The minimum atomic E-state index is -0.576. The van der Waals surface area contributed by atoms with Gasteiger partial charge in [0.25, 0.3) is 0 Å². The molecule has 0 radical (unpaired) electrons. The van der Waals surface area contributed by atoms with Crippen molar-refractivity contribution in [1.82, 2.24) is 4.90 Å². The van der Waals surface area contributed by atoms with Crippen molar-refractivity contribution < 1.29 is 18.7 Å². The third kappa shape index (κ3) is 4.85. The maximum atomic E-state index is 13.6. The summed E-state index contributed by atoms with van der Waals surface area (Å²) in [5.74, 6) is -0.848. The summed E-state index contributed by atoms with van der Waals surface area (Å²) in [5, 5.41) is 4.96. The van der Waals surface area contributed by atoms with Gasteiger partial charge in [-0.25, -0.2) is 9.18 Å². The zero-order valence-corrected chi connectivity index (χ0v) is 11.7. The fourth-order valence-electron chi connectivity index (χ4n) is 1.44. The van der Waals surface area contributed by atoms with Crippen molar-refractivity contribution in [3.8, 4) is 0 Å². The van der Waals surface area contributed by atoms with Crippen LogP contribution in [-0.4, -0.2) is 44.1 Å². The third-order valence-electron chi connectivity index (χ3n) is 2.51. The number of likely N-dealkylation sites (N-methyl/N-ethyl adjacent to an activating group) is 1. The van der Waals surface area contributed by atoms with Gasteiger partial charge in [-0.3, -0.25) is 4.79 Å². The lowest BCUT2D eigenvalue weighted by Gasteiger charge is -2.18. The van der Waals surface area contributed by atoms with Crippen molar-refractivity contribution in [3.63, 3.8) is 0 Å². The minimum Gasteiger partial charge on any atom is -0.383 e. The van der Waals surface area contributed by atoms with Gasteiger partial charge in [0.2, 0.25) is 5.91 Å². The molecule has 2 N–H and O–H groups in total. The van der Waals surface area contributed by atoms with Gasteiger partial charge in [0, 0.05) is 33.3 Å². The highest BCUT2D eigenvalue weighted by Gasteiger charge is 2.12. The standard InChI is InChI=1S/C13H18FN3O3/c1-9(18)15-10-4-5-11(14)12(8-10)16-13(19)17(2)6-7-20-3/h4-5,8H,6-7H2,1-3H3,(H,15,18)(H,16,19). The van der Waals surface area contributed by atoms with E-state index in [1.54, 1.807) is 7.05 Å². The Labute approximate surface area is 116 Å². The SMILES string of the molecule is COCCN(C)C(=O)Nc1cc(NC(C)=O)ccc1F. The number of ether oxygens (including phenoxy) is 1. The van der Waals surface area contributed by atoms with Gasteiger partial charge in [-0.15, -0.1) is 0 Å². The number of urea groups is 1. The highest BCUT2D eigenvalue weighted by Crippen LogP contribution is 2.20. The molecule has 0 aliphatic carbocycles. The number of carbonyl (C=O) groups is 2. The smallest absolute Gasteiger partial charge is 0.321 e. The second kappa shape index (κ2) is 7.44. The Morgan fingerprint density at radius 3 is 2.65 bits per heavy atom. The number of rotatable bonds is 5. The molecule has 0 aliphatic rings. The van der Waals surface area contributed by atoms with Crippen molar-refractivity contribution in [2.45, 2.75) is 6.92 Å². The Hall–Kier alpha value is -2.15. The van der Waals surface area contributed by atoms with Gasteiger partial charge in [-0.05, 0) is 18.2 Å². The number of methoxy groups -OCH3 is 1. The summed E-state index contributed by atoms with van der Waals surface area (Å²) in [6.45, 7) is 2.12. The van der Waals surface area contributed by atoms with Gasteiger partial charge in [0.05, 0.1) is 12.3 Å². The van der Waals surface area contributed by atoms with Gasteiger partial charge in [0.15, 0.2) is 0 Å². The van der Waals surface area contributed by atoms with E-state index < -0.39 is 11.8 Å². The highest BCUT2D eigenvalue weighted by atomic mass is 19.1. The number of hydrogen-bond acceptors (Lipinski definition) is 3. The molecule has 0 atom stereocenters. The second-order valence-electron chi connectivity index (χ2n) is 4.22. The van der Waals surface area contributed by atoms with E-state index >= 15 is 0 Å². The summed E-state index contributed by atoms with van der Waals surface area (Å²) in [6.07, 6.45) is 0. The van der Waals surface area contributed by atoms with Crippen LogP contribution in [0.2, 0.25) is 0 Å². The first-order chi connectivity index (χ1) is 9.43. The summed E-state index contributed by atoms with van der Waals surface area (Å²) in [5.41, 5.74) is 0.416. The van der Waals surface area contributed by atoms with Crippen molar-refractivity contribution >= 4 is 23.3 Å². The van der Waals surface area contributed by atoms with Crippen molar-refractivity contribution in [1.29, 1.82) is 0 Å². The first-order valence-electron chi connectivity index (χ1n) is 6.02. The molecule has 0 saturated heterocycles. The van der Waals surface area contributed by atoms with Crippen LogP contribution in [0.5, 0.6) is 0 Å². The number of anilines is 2. The normalized spacial score (nSPS) is 10.0. The van der Waals surface area contributed by atoms with Crippen LogP contribution in [0.15, 0.2) is 18.2 Å². The molecule has 3 amide bonds. The summed E-state index contributed by atoms with van der Waals surface area (Å²) in [7, 11) is 3.10. The molecule has 0 saturated carbocycles. The maximum absolute atomic E-state index is 13.6. The fourth-order valence-corrected chi connectivity index (χ4v) is 1.44. The molecule has 0 unspecified atom stereocenters. The van der Waals surface area contributed by atoms with Crippen LogP contribution >= 0.6 is 0 Å². The van der Waals surface area contributed by atoms with E-state index in [1.165, 1.54) is 37.1 Å².